The van der Waals surface area contributed by atoms with Crippen LogP contribution in [0.1, 0.15) is 61.1 Å². The molecular formula is C23H27ClFN5O4. The zero-order chi connectivity index (χ0) is 24.9. The van der Waals surface area contributed by atoms with Crippen LogP contribution in [0, 0.1) is 12.7 Å². The van der Waals surface area contributed by atoms with Crippen LogP contribution in [0.2, 0.25) is 5.02 Å². The fraction of sp³-hybridized carbons (Fsp3) is 0.435. The second kappa shape index (κ2) is 8.68. The van der Waals surface area contributed by atoms with Crippen molar-refractivity contribution in [3.8, 4) is 5.75 Å². The lowest BCUT2D eigenvalue weighted by molar-refractivity contribution is 0.0558. The normalized spacial score (nSPS) is 19.7. The molecule has 34 heavy (non-hydrogen) atoms. The van der Waals surface area contributed by atoms with Gasteiger partial charge in [-0.05, 0) is 46.6 Å². The van der Waals surface area contributed by atoms with Crippen molar-refractivity contribution in [2.24, 2.45) is 0 Å². The molecule has 4 rings (SSSR count). The Morgan fingerprint density at radius 3 is 2.74 bits per heavy atom. The van der Waals surface area contributed by atoms with Crippen molar-refractivity contribution in [1.29, 1.82) is 0 Å². The molecule has 9 nitrogen and oxygen atoms in total. The van der Waals surface area contributed by atoms with Crippen molar-refractivity contribution in [2.75, 3.05) is 5.73 Å². The van der Waals surface area contributed by atoms with Crippen molar-refractivity contribution < 1.29 is 24.1 Å². The Kier molecular flexibility index (Phi) is 6.17. The molecule has 1 saturated carbocycles. The van der Waals surface area contributed by atoms with E-state index < -0.39 is 35.1 Å². The summed E-state index contributed by atoms with van der Waals surface area (Å²) in [4.78, 5) is 21.7. The first-order valence-electron chi connectivity index (χ1n) is 10.9. The Bertz CT molecular complexity index is 1270. The van der Waals surface area contributed by atoms with Gasteiger partial charge in [0.1, 0.15) is 34.1 Å². The van der Waals surface area contributed by atoms with Crippen LogP contribution in [0.3, 0.4) is 0 Å². The number of anilines is 1. The maximum absolute atomic E-state index is 15.2. The summed E-state index contributed by atoms with van der Waals surface area (Å²) in [5.74, 6) is -1.46. The number of aliphatic hydroxyl groups excluding tert-OH is 1. The van der Waals surface area contributed by atoms with Crippen LogP contribution < -0.4 is 15.8 Å². The summed E-state index contributed by atoms with van der Waals surface area (Å²) in [5.41, 5.74) is 4.83. The maximum atomic E-state index is 15.2. The van der Waals surface area contributed by atoms with E-state index in [-0.39, 0.29) is 34.0 Å². The summed E-state index contributed by atoms with van der Waals surface area (Å²) in [6.07, 6.45) is 2.85. The van der Waals surface area contributed by atoms with Crippen molar-refractivity contribution in [2.45, 2.75) is 64.4 Å². The van der Waals surface area contributed by atoms with Gasteiger partial charge in [-0.15, -0.1) is 0 Å². The van der Waals surface area contributed by atoms with Gasteiger partial charge in [0.2, 0.25) is 0 Å². The van der Waals surface area contributed by atoms with Crippen molar-refractivity contribution in [1.82, 2.24) is 19.7 Å². The van der Waals surface area contributed by atoms with E-state index in [0.717, 1.165) is 0 Å². The lowest BCUT2D eigenvalue weighted by Gasteiger charge is -2.33. The Hall–Kier alpha value is -2.95. The molecule has 0 unspecified atom stereocenters. The number of carbonyl (C=O) groups excluding carboxylic acids is 1. The lowest BCUT2D eigenvalue weighted by atomic mass is 9.88. The number of nitrogens with one attached hydrogen (secondary N) is 1. The molecule has 0 saturated heterocycles. The monoisotopic (exact) mass is 491 g/mol. The van der Waals surface area contributed by atoms with Crippen LogP contribution in [0.4, 0.5) is 10.2 Å². The molecule has 1 fully saturated rings. The standard InChI is InChI=1S/C23H27ClFN5O4/c1-10(2)34-19-14(9-15(24)17(25)16(19)21(32)29-12-7-13(31)8-12)23(4,33)22-28-11(3)18-20(26)27-5-6-30(18)22/h5-6,9-10,12-13,31,33H,7-8H2,1-4H3,(H2,26,27)(H,29,32)/t12-,13+,23-/m0/s1. The number of nitrogen functional groups attached to an aromatic ring is 1. The van der Waals surface area contributed by atoms with Crippen LogP contribution in [0.25, 0.3) is 5.52 Å². The number of ether oxygens (including phenoxy) is 1. The van der Waals surface area contributed by atoms with Gasteiger partial charge < -0.3 is 26.0 Å². The lowest BCUT2D eigenvalue weighted by Crippen LogP contribution is -2.47. The van der Waals surface area contributed by atoms with Crippen LogP contribution in [0.15, 0.2) is 18.5 Å². The number of aromatic nitrogens is 3. The number of fused-ring (bicyclic) bond motifs is 1. The first kappa shape index (κ1) is 24.2. The number of halogens is 2. The largest absolute Gasteiger partial charge is 0.490 e. The van der Waals surface area contributed by atoms with Crippen LogP contribution in [-0.4, -0.2) is 48.7 Å². The summed E-state index contributed by atoms with van der Waals surface area (Å²) in [7, 11) is 0. The molecule has 182 valence electrons. The molecule has 0 radical (unpaired) electrons. The van der Waals surface area contributed by atoms with Gasteiger partial charge in [-0.2, -0.15) is 0 Å². The van der Waals surface area contributed by atoms with Gasteiger partial charge in [-0.25, -0.2) is 14.4 Å². The summed E-state index contributed by atoms with van der Waals surface area (Å²) < 4.78 is 22.7. The highest BCUT2D eigenvalue weighted by atomic mass is 35.5. The van der Waals surface area contributed by atoms with Crippen LogP contribution in [0.5, 0.6) is 5.75 Å². The number of carbonyl (C=O) groups is 1. The molecule has 5 N–H and O–H groups in total. The number of nitrogens with two attached hydrogens (primary N) is 1. The van der Waals surface area contributed by atoms with Crippen molar-refractivity contribution in [3.05, 3.63) is 51.9 Å². The molecular weight excluding hydrogens is 465 g/mol. The third-order valence-electron chi connectivity index (χ3n) is 5.92. The molecule has 1 atom stereocenters. The van der Waals surface area contributed by atoms with Gasteiger partial charge in [-0.3, -0.25) is 9.20 Å². The summed E-state index contributed by atoms with van der Waals surface area (Å²) in [5, 5.41) is 23.7. The topological polar surface area (TPSA) is 135 Å². The highest BCUT2D eigenvalue weighted by molar-refractivity contribution is 6.31. The van der Waals surface area contributed by atoms with E-state index in [2.05, 4.69) is 15.3 Å². The van der Waals surface area contributed by atoms with E-state index >= 15 is 4.39 Å². The number of aliphatic hydroxyl groups is 2. The average Bonchev–Trinajstić information content (AvgIpc) is 3.07. The second-order valence-electron chi connectivity index (χ2n) is 9.01. The highest BCUT2D eigenvalue weighted by Crippen LogP contribution is 2.42. The quantitative estimate of drug-likeness (QED) is 0.416. The molecule has 2 heterocycles. The van der Waals surface area contributed by atoms with Crippen molar-refractivity contribution in [3.63, 3.8) is 0 Å². The number of hydrogen-bond acceptors (Lipinski definition) is 7. The molecule has 0 spiro atoms. The van der Waals surface area contributed by atoms with Gasteiger partial charge >= 0.3 is 0 Å². The Morgan fingerprint density at radius 2 is 2.12 bits per heavy atom. The predicted octanol–water partition coefficient (Wildman–Crippen LogP) is 2.71. The third kappa shape index (κ3) is 4.06. The number of benzene rings is 1. The number of amides is 1. The van der Waals surface area contributed by atoms with Gasteiger partial charge in [0, 0.05) is 24.0 Å². The minimum Gasteiger partial charge on any atom is -0.490 e. The number of hydrogen-bond donors (Lipinski definition) is 4. The smallest absolute Gasteiger partial charge is 0.258 e. The molecule has 0 aliphatic heterocycles. The molecule has 0 bridgehead atoms. The van der Waals surface area contributed by atoms with E-state index in [9.17, 15) is 15.0 Å². The van der Waals surface area contributed by atoms with Gasteiger partial charge in [0.15, 0.2) is 5.82 Å². The number of rotatable bonds is 6. The number of imidazole rings is 1. The molecule has 3 aromatic rings. The van der Waals surface area contributed by atoms with Gasteiger partial charge in [0.05, 0.1) is 22.9 Å². The van der Waals surface area contributed by atoms with E-state index in [0.29, 0.717) is 24.1 Å². The van der Waals surface area contributed by atoms with Gasteiger partial charge in [0.25, 0.3) is 5.91 Å². The first-order valence-corrected chi connectivity index (χ1v) is 11.3. The Balaban J connectivity index is 1.91. The minimum absolute atomic E-state index is 0.0636. The van der Waals surface area contributed by atoms with Crippen molar-refractivity contribution >= 4 is 28.8 Å². The Morgan fingerprint density at radius 1 is 1.44 bits per heavy atom. The van der Waals surface area contributed by atoms with Crippen LogP contribution in [-0.2, 0) is 5.60 Å². The van der Waals surface area contributed by atoms with E-state index in [4.69, 9.17) is 22.1 Å². The zero-order valence-corrected chi connectivity index (χ0v) is 20.0. The van der Waals surface area contributed by atoms with E-state index in [1.807, 2.05) is 0 Å². The Labute approximate surface area is 200 Å². The van der Waals surface area contributed by atoms with E-state index in [1.165, 1.54) is 19.2 Å². The van der Waals surface area contributed by atoms with E-state index in [1.54, 1.807) is 31.4 Å². The summed E-state index contributed by atoms with van der Waals surface area (Å²) in [6.45, 7) is 6.62. The molecule has 2 aromatic heterocycles. The molecule has 1 aliphatic rings. The molecule has 11 heteroatoms. The fourth-order valence-corrected chi connectivity index (χ4v) is 4.40. The first-order chi connectivity index (χ1) is 15.9. The third-order valence-corrected chi connectivity index (χ3v) is 6.19. The second-order valence-corrected chi connectivity index (χ2v) is 9.42. The summed E-state index contributed by atoms with van der Waals surface area (Å²) >= 11 is 6.20. The SMILES string of the molecule is Cc1nc([C@@](C)(O)c2cc(Cl)c(F)c(C(=O)N[C@H]3C[C@@H](O)C3)c2OC(C)C)n2ccnc(N)c12. The molecule has 1 amide bonds. The fourth-order valence-electron chi connectivity index (χ4n) is 4.20. The number of aryl methyl sites for hydroxylation is 1. The zero-order valence-electron chi connectivity index (χ0n) is 19.3. The molecule has 1 aromatic carbocycles. The summed E-state index contributed by atoms with van der Waals surface area (Å²) in [6, 6.07) is 0.936. The number of nitrogens with zero attached hydrogens (tertiary/aromatic N) is 3. The predicted molar refractivity (Wildman–Crippen MR) is 124 cm³/mol. The van der Waals surface area contributed by atoms with Crippen LogP contribution >= 0.6 is 11.6 Å². The molecule has 1 aliphatic carbocycles. The average molecular weight is 492 g/mol. The minimum atomic E-state index is -1.87. The van der Waals surface area contributed by atoms with Gasteiger partial charge in [-0.1, -0.05) is 11.6 Å². The maximum Gasteiger partial charge on any atom is 0.258 e. The highest BCUT2D eigenvalue weighted by Gasteiger charge is 2.39.